The maximum atomic E-state index is 11.7. The Morgan fingerprint density at radius 2 is 1.61 bits per heavy atom. The number of benzene rings is 1. The van der Waals surface area contributed by atoms with Crippen molar-refractivity contribution in [1.82, 2.24) is 0 Å². The van der Waals surface area contributed by atoms with Gasteiger partial charge in [0.1, 0.15) is 12.4 Å². The van der Waals surface area contributed by atoms with Crippen molar-refractivity contribution in [2.75, 3.05) is 35.0 Å². The lowest BCUT2D eigenvalue weighted by Crippen LogP contribution is -2.19. The Morgan fingerprint density at radius 1 is 1.13 bits per heavy atom. The van der Waals surface area contributed by atoms with Crippen molar-refractivity contribution in [1.29, 1.82) is 0 Å². The highest BCUT2D eigenvalue weighted by molar-refractivity contribution is 9.10. The summed E-state index contributed by atoms with van der Waals surface area (Å²) in [7, 11) is -0.249. The molecule has 0 aliphatic rings. The Bertz CT molecular complexity index is 496. The van der Waals surface area contributed by atoms with Crippen LogP contribution in [0.5, 0.6) is 5.75 Å². The highest BCUT2D eigenvalue weighted by atomic mass is 79.9. The van der Waals surface area contributed by atoms with E-state index in [-0.39, 0.29) is 6.61 Å². The molecule has 0 spiro atoms. The maximum Gasteiger partial charge on any atom is 0.696 e. The molecule has 0 fully saturated rings. The van der Waals surface area contributed by atoms with E-state index in [1.807, 2.05) is 0 Å². The number of ether oxygens (including phenoxy) is 1. The molecule has 11 heteroatoms. The second-order valence-electron chi connectivity index (χ2n) is 3.74. The molecule has 1 rings (SSSR count). The summed E-state index contributed by atoms with van der Waals surface area (Å²) >= 11 is 3.29. The van der Waals surface area contributed by atoms with Crippen LogP contribution in [0, 0.1) is 0 Å². The molecular formula is C12H20BrO8P2+. The van der Waals surface area contributed by atoms with Crippen molar-refractivity contribution in [3.63, 3.8) is 0 Å². The molecule has 1 unspecified atom stereocenters. The molecule has 132 valence electrons. The zero-order valence-electron chi connectivity index (χ0n) is 13.2. The molecule has 0 bridgehead atoms. The van der Waals surface area contributed by atoms with Crippen LogP contribution in [0.25, 0.3) is 0 Å². The van der Waals surface area contributed by atoms with E-state index in [4.69, 9.17) is 4.74 Å². The highest BCUT2D eigenvalue weighted by Gasteiger charge is 2.32. The molecule has 0 saturated heterocycles. The summed E-state index contributed by atoms with van der Waals surface area (Å²) in [5.74, 6) is -0.757. The number of aliphatic hydroxyl groups is 1. The number of aliphatic hydroxyl groups excluding tert-OH is 1. The minimum atomic E-state index is -3.50. The van der Waals surface area contributed by atoms with Crippen molar-refractivity contribution in [2.24, 2.45) is 0 Å². The van der Waals surface area contributed by atoms with Crippen LogP contribution in [0.4, 0.5) is 0 Å². The topological polar surface area (TPSA) is 101 Å². The molecule has 23 heavy (non-hydrogen) atoms. The average Bonchev–Trinajstić information content (AvgIpc) is 2.59. The zero-order valence-corrected chi connectivity index (χ0v) is 16.5. The summed E-state index contributed by atoms with van der Waals surface area (Å²) < 4.78 is 45.5. The number of halogens is 1. The Morgan fingerprint density at radius 3 is 1.96 bits per heavy atom. The second kappa shape index (κ2) is 12.1. The third-order valence-corrected chi connectivity index (χ3v) is 5.41. The van der Waals surface area contributed by atoms with E-state index in [0.29, 0.717) is 5.75 Å². The first-order valence-corrected chi connectivity index (χ1v) is 9.66. The average molecular weight is 434 g/mol. The van der Waals surface area contributed by atoms with E-state index in [1.165, 1.54) is 28.4 Å². The van der Waals surface area contributed by atoms with Gasteiger partial charge in [-0.15, -0.1) is 9.05 Å². The first-order chi connectivity index (χ1) is 10.8. The highest BCUT2D eigenvalue weighted by Crippen LogP contribution is 2.50. The molecule has 0 aromatic heterocycles. The van der Waals surface area contributed by atoms with Crippen molar-refractivity contribution < 1.29 is 37.1 Å². The van der Waals surface area contributed by atoms with Crippen molar-refractivity contribution in [3.05, 3.63) is 28.7 Å². The lowest BCUT2D eigenvalue weighted by Gasteiger charge is -2.19. The molecule has 0 aliphatic heterocycles. The van der Waals surface area contributed by atoms with Crippen molar-refractivity contribution in [2.45, 2.75) is 5.85 Å². The van der Waals surface area contributed by atoms with Gasteiger partial charge in [-0.3, -0.25) is 4.57 Å². The van der Waals surface area contributed by atoms with Crippen LogP contribution in [0.15, 0.2) is 28.7 Å². The van der Waals surface area contributed by atoms with Crippen molar-refractivity contribution >= 4 is 31.8 Å². The van der Waals surface area contributed by atoms with Gasteiger partial charge in [0.2, 0.25) is 0 Å². The normalized spacial score (nSPS) is 12.1. The fourth-order valence-corrected chi connectivity index (χ4v) is 2.49. The summed E-state index contributed by atoms with van der Waals surface area (Å²) in [5.41, 5.74) is 0. The standard InChI is InChI=1S/C10H14BrO5P.C2H6O3P/c1-14-17(13,15-2)10(12)7-16-9-5-3-8(11)4-6-9;1-4-6(3)5-2/h3-6,10,12H,7H2,1-2H3;1-2H3/q;+1. The smallest absolute Gasteiger partial charge is 0.490 e. The Balaban J connectivity index is 0.000000688. The summed E-state index contributed by atoms with van der Waals surface area (Å²) in [5, 5.41) is 9.64. The summed E-state index contributed by atoms with van der Waals surface area (Å²) in [6.07, 6.45) is 0. The lowest BCUT2D eigenvalue weighted by atomic mass is 10.3. The first kappa shape index (κ1) is 22.6. The Hall–Kier alpha value is -0.370. The van der Waals surface area contributed by atoms with E-state index in [0.717, 1.165) is 4.47 Å². The van der Waals surface area contributed by atoms with Crippen LogP contribution in [-0.4, -0.2) is 46.0 Å². The zero-order chi connectivity index (χ0) is 17.9. The van der Waals surface area contributed by atoms with Gasteiger partial charge in [0.05, 0.1) is 14.2 Å². The van der Waals surface area contributed by atoms with Gasteiger partial charge in [0.25, 0.3) is 0 Å². The van der Waals surface area contributed by atoms with E-state index < -0.39 is 21.7 Å². The SMILES string of the molecule is COP(=O)(OC)C(O)COc1ccc(Br)cc1.CO[P+](=O)OC. The maximum absolute atomic E-state index is 11.7. The molecule has 0 radical (unpaired) electrons. The molecule has 1 aromatic carbocycles. The van der Waals surface area contributed by atoms with Crippen LogP contribution in [-0.2, 0) is 27.2 Å². The van der Waals surface area contributed by atoms with Gasteiger partial charge in [0.15, 0.2) is 5.85 Å². The first-order valence-electron chi connectivity index (χ1n) is 6.16. The van der Waals surface area contributed by atoms with Gasteiger partial charge in [-0.05, 0) is 24.3 Å². The quantitative estimate of drug-likeness (QED) is 0.620. The van der Waals surface area contributed by atoms with Gasteiger partial charge in [-0.25, -0.2) is 0 Å². The lowest BCUT2D eigenvalue weighted by molar-refractivity contribution is 0.125. The third kappa shape index (κ3) is 8.88. The molecule has 0 heterocycles. The van der Waals surface area contributed by atoms with Gasteiger partial charge in [-0.1, -0.05) is 15.9 Å². The number of rotatable bonds is 8. The molecular weight excluding hydrogens is 414 g/mol. The van der Waals surface area contributed by atoms with E-state index in [9.17, 15) is 14.2 Å². The minimum absolute atomic E-state index is 0.166. The monoisotopic (exact) mass is 433 g/mol. The van der Waals surface area contributed by atoms with E-state index >= 15 is 0 Å². The van der Waals surface area contributed by atoms with Crippen LogP contribution in [0.3, 0.4) is 0 Å². The van der Waals surface area contributed by atoms with Gasteiger partial charge in [-0.2, -0.15) is 0 Å². The van der Waals surface area contributed by atoms with Crippen LogP contribution in [0.2, 0.25) is 0 Å². The molecule has 8 nitrogen and oxygen atoms in total. The number of hydrogen-bond acceptors (Lipinski definition) is 8. The molecule has 0 amide bonds. The minimum Gasteiger partial charge on any atom is -0.490 e. The van der Waals surface area contributed by atoms with Gasteiger partial charge >= 0.3 is 15.9 Å². The number of hydrogen-bond donors (Lipinski definition) is 1. The summed E-state index contributed by atoms with van der Waals surface area (Å²) in [4.78, 5) is 0. The Kier molecular flexibility index (Phi) is 11.9. The predicted octanol–water partition coefficient (Wildman–Crippen LogP) is 3.57. The molecule has 0 saturated carbocycles. The van der Waals surface area contributed by atoms with Crippen LogP contribution < -0.4 is 4.74 Å². The van der Waals surface area contributed by atoms with Gasteiger partial charge in [0, 0.05) is 23.3 Å². The molecule has 1 atom stereocenters. The van der Waals surface area contributed by atoms with Gasteiger partial charge < -0.3 is 18.9 Å². The van der Waals surface area contributed by atoms with Crippen LogP contribution in [0.1, 0.15) is 0 Å². The fraction of sp³-hybridized carbons (Fsp3) is 0.500. The third-order valence-electron chi connectivity index (χ3n) is 2.38. The summed E-state index contributed by atoms with van der Waals surface area (Å²) in [6.45, 7) is -0.166. The largest absolute Gasteiger partial charge is 0.696 e. The molecule has 1 aromatic rings. The van der Waals surface area contributed by atoms with E-state index in [2.05, 4.69) is 34.0 Å². The Labute approximate surface area is 144 Å². The predicted molar refractivity (Wildman–Crippen MR) is 88.9 cm³/mol. The fourth-order valence-electron chi connectivity index (χ4n) is 1.19. The molecule has 1 N–H and O–H groups in total. The van der Waals surface area contributed by atoms with Crippen molar-refractivity contribution in [3.8, 4) is 5.75 Å². The second-order valence-corrected chi connectivity index (χ2v) is 8.24. The van der Waals surface area contributed by atoms with Crippen LogP contribution >= 0.6 is 31.8 Å². The summed E-state index contributed by atoms with van der Waals surface area (Å²) in [6, 6.07) is 7.05. The van der Waals surface area contributed by atoms with E-state index in [1.54, 1.807) is 24.3 Å². The molecule has 0 aliphatic carbocycles.